The summed E-state index contributed by atoms with van der Waals surface area (Å²) in [7, 11) is 0. The van der Waals surface area contributed by atoms with Crippen molar-refractivity contribution in [1.29, 1.82) is 0 Å². The molecule has 4 rings (SSSR count). The Bertz CT molecular complexity index is 1260. The maximum atomic E-state index is 12.0. The molecule has 34 heavy (non-hydrogen) atoms. The lowest BCUT2D eigenvalue weighted by Gasteiger charge is -2.12. The maximum Gasteiger partial charge on any atom is 0.220 e. The molecule has 6 heteroatoms. The highest BCUT2D eigenvalue weighted by Gasteiger charge is 2.17. The minimum atomic E-state index is 0.126. The number of amides is 1. The Morgan fingerprint density at radius 2 is 1.68 bits per heavy atom. The summed E-state index contributed by atoms with van der Waals surface area (Å²) in [5.74, 6) is 1.65. The smallest absolute Gasteiger partial charge is 0.220 e. The van der Waals surface area contributed by atoms with Gasteiger partial charge in [0.2, 0.25) is 5.91 Å². The van der Waals surface area contributed by atoms with Gasteiger partial charge in [0, 0.05) is 31.3 Å². The molecule has 6 nitrogen and oxygen atoms in total. The molecule has 0 bridgehead atoms. The third-order valence-electron chi connectivity index (χ3n) is 6.30. The Balaban J connectivity index is 1.58. The van der Waals surface area contributed by atoms with Crippen LogP contribution < -0.4 is 11.1 Å². The normalized spacial score (nSPS) is 11.4. The first kappa shape index (κ1) is 23.7. The van der Waals surface area contributed by atoms with Crippen molar-refractivity contribution in [3.8, 4) is 0 Å². The number of pyridine rings is 1. The third-order valence-corrected chi connectivity index (χ3v) is 6.30. The second-order valence-corrected chi connectivity index (χ2v) is 8.98. The molecule has 0 aliphatic heterocycles. The molecule has 0 aliphatic rings. The minimum Gasteiger partial charge on any atom is -0.382 e. The zero-order valence-electron chi connectivity index (χ0n) is 20.3. The summed E-state index contributed by atoms with van der Waals surface area (Å²) in [5.41, 5.74) is 11.3. The molecule has 2 heterocycles. The van der Waals surface area contributed by atoms with Gasteiger partial charge in [0.1, 0.15) is 11.3 Å². The van der Waals surface area contributed by atoms with E-state index in [2.05, 4.69) is 59.0 Å². The lowest BCUT2D eigenvalue weighted by atomic mass is 10.1. The number of unbranched alkanes of at least 4 members (excludes halogenated alkanes) is 3. The number of rotatable bonds is 11. The number of nitrogen functional groups attached to an aromatic ring is 1. The highest BCUT2D eigenvalue weighted by molar-refractivity contribution is 6.06. The molecule has 0 saturated carbocycles. The maximum absolute atomic E-state index is 12.0. The molecule has 178 valence electrons. The van der Waals surface area contributed by atoms with Gasteiger partial charge in [0.25, 0.3) is 0 Å². The second-order valence-electron chi connectivity index (χ2n) is 8.98. The molecule has 1 amide bonds. The van der Waals surface area contributed by atoms with E-state index in [1.54, 1.807) is 0 Å². The van der Waals surface area contributed by atoms with Gasteiger partial charge < -0.3 is 15.6 Å². The molecule has 4 aromatic rings. The summed E-state index contributed by atoms with van der Waals surface area (Å²) >= 11 is 0. The average Bonchev–Trinajstić information content (AvgIpc) is 3.21. The summed E-state index contributed by atoms with van der Waals surface area (Å²) in [6.07, 6.45) is 6.87. The van der Waals surface area contributed by atoms with Gasteiger partial charge >= 0.3 is 0 Å². The van der Waals surface area contributed by atoms with Crippen molar-refractivity contribution in [3.05, 3.63) is 65.5 Å². The lowest BCUT2D eigenvalue weighted by molar-refractivity contribution is -0.121. The Morgan fingerprint density at radius 3 is 2.44 bits per heavy atom. The van der Waals surface area contributed by atoms with Gasteiger partial charge in [-0.2, -0.15) is 0 Å². The largest absolute Gasteiger partial charge is 0.382 e. The zero-order valence-corrected chi connectivity index (χ0v) is 20.3. The molecule has 0 spiro atoms. The summed E-state index contributed by atoms with van der Waals surface area (Å²) in [5, 5.41) is 4.10. The zero-order chi connectivity index (χ0) is 23.9. The summed E-state index contributed by atoms with van der Waals surface area (Å²) < 4.78 is 2.30. The van der Waals surface area contributed by atoms with Crippen LogP contribution in [0.2, 0.25) is 0 Å². The number of nitrogens with zero attached hydrogens (tertiary/aromatic N) is 3. The van der Waals surface area contributed by atoms with Crippen molar-refractivity contribution in [2.75, 3.05) is 5.73 Å². The monoisotopic (exact) mass is 457 g/mol. The van der Waals surface area contributed by atoms with E-state index in [-0.39, 0.29) is 5.91 Å². The Labute approximate surface area is 201 Å². The van der Waals surface area contributed by atoms with Crippen LogP contribution in [0.4, 0.5) is 5.82 Å². The number of anilines is 1. The number of fused-ring (bicyclic) bond motifs is 3. The number of imidazole rings is 1. The van der Waals surface area contributed by atoms with E-state index in [0.717, 1.165) is 71.8 Å². The Morgan fingerprint density at radius 1 is 0.941 bits per heavy atom. The molecule has 0 fully saturated rings. The molecule has 2 aromatic heterocycles. The summed E-state index contributed by atoms with van der Waals surface area (Å²) in [4.78, 5) is 21.5. The molecule has 0 atom stereocenters. The van der Waals surface area contributed by atoms with E-state index in [1.807, 2.05) is 18.2 Å². The molecule has 2 aromatic carbocycles. The van der Waals surface area contributed by atoms with Crippen LogP contribution in [0.1, 0.15) is 69.3 Å². The van der Waals surface area contributed by atoms with Gasteiger partial charge in [0.05, 0.1) is 11.0 Å². The topological polar surface area (TPSA) is 85.8 Å². The van der Waals surface area contributed by atoms with Crippen molar-refractivity contribution in [2.45, 2.75) is 71.9 Å². The van der Waals surface area contributed by atoms with Crippen molar-refractivity contribution in [2.24, 2.45) is 0 Å². The number of carbonyl (C=O) groups excluding carboxylic acids is 1. The van der Waals surface area contributed by atoms with Crippen LogP contribution in [-0.2, 0) is 24.3 Å². The third kappa shape index (κ3) is 5.38. The van der Waals surface area contributed by atoms with Crippen LogP contribution in [0.5, 0.6) is 0 Å². The standard InChI is InChI=1S/C28H35N5O/c1-3-5-7-13-25(34)30-18-20-14-16-21(17-15-20)19-33-24(12-6-4-2)32-26-27(33)22-10-8-9-11-23(22)31-28(26)29/h8-11,14-17H,3-7,12-13,18-19H2,1-2H3,(H2,29,31)(H,30,34). The fourth-order valence-corrected chi connectivity index (χ4v) is 4.37. The molecular formula is C28H35N5O. The number of benzene rings is 2. The van der Waals surface area contributed by atoms with Crippen LogP contribution in [-0.4, -0.2) is 20.4 Å². The first-order chi connectivity index (χ1) is 16.6. The molecular weight excluding hydrogens is 422 g/mol. The van der Waals surface area contributed by atoms with Gasteiger partial charge in [-0.3, -0.25) is 4.79 Å². The van der Waals surface area contributed by atoms with E-state index in [0.29, 0.717) is 25.3 Å². The van der Waals surface area contributed by atoms with Gasteiger partial charge in [0.15, 0.2) is 5.82 Å². The number of aromatic nitrogens is 3. The number of para-hydroxylation sites is 1. The number of hydrogen-bond donors (Lipinski definition) is 2. The molecule has 0 saturated heterocycles. The van der Waals surface area contributed by atoms with Crippen LogP contribution >= 0.6 is 0 Å². The van der Waals surface area contributed by atoms with Crippen molar-refractivity contribution in [3.63, 3.8) is 0 Å². The predicted octanol–water partition coefficient (Wildman–Crippen LogP) is 5.75. The summed E-state index contributed by atoms with van der Waals surface area (Å²) in [6.45, 7) is 5.62. The second kappa shape index (κ2) is 11.1. The molecule has 0 aliphatic carbocycles. The van der Waals surface area contributed by atoms with E-state index < -0.39 is 0 Å². The number of hydrogen-bond acceptors (Lipinski definition) is 4. The highest BCUT2D eigenvalue weighted by atomic mass is 16.1. The Hall–Kier alpha value is -3.41. The minimum absolute atomic E-state index is 0.126. The SMILES string of the molecule is CCCCCC(=O)NCc1ccc(Cn2c(CCCC)nc3c(N)nc4ccccc4c32)cc1. The fraction of sp³-hybridized carbons (Fsp3) is 0.393. The van der Waals surface area contributed by atoms with Crippen LogP contribution in [0.15, 0.2) is 48.5 Å². The van der Waals surface area contributed by atoms with Crippen LogP contribution in [0, 0.1) is 0 Å². The van der Waals surface area contributed by atoms with Gasteiger partial charge in [-0.05, 0) is 30.0 Å². The molecule has 3 N–H and O–H groups in total. The number of carbonyl (C=O) groups is 1. The van der Waals surface area contributed by atoms with Crippen molar-refractivity contribution >= 4 is 33.7 Å². The number of aryl methyl sites for hydroxylation is 1. The van der Waals surface area contributed by atoms with Crippen molar-refractivity contribution in [1.82, 2.24) is 19.9 Å². The number of nitrogens with two attached hydrogens (primary N) is 1. The molecule has 0 radical (unpaired) electrons. The average molecular weight is 458 g/mol. The van der Waals surface area contributed by atoms with E-state index in [4.69, 9.17) is 10.7 Å². The van der Waals surface area contributed by atoms with Gasteiger partial charge in [-0.1, -0.05) is 75.6 Å². The fourth-order valence-electron chi connectivity index (χ4n) is 4.37. The Kier molecular flexibility index (Phi) is 7.78. The first-order valence-electron chi connectivity index (χ1n) is 12.5. The van der Waals surface area contributed by atoms with Gasteiger partial charge in [-0.25, -0.2) is 9.97 Å². The highest BCUT2D eigenvalue weighted by Crippen LogP contribution is 2.30. The van der Waals surface area contributed by atoms with E-state index in [9.17, 15) is 4.79 Å². The van der Waals surface area contributed by atoms with Crippen LogP contribution in [0.25, 0.3) is 21.9 Å². The van der Waals surface area contributed by atoms with Crippen LogP contribution in [0.3, 0.4) is 0 Å². The first-order valence-corrected chi connectivity index (χ1v) is 12.5. The van der Waals surface area contributed by atoms with Gasteiger partial charge in [-0.15, -0.1) is 0 Å². The predicted molar refractivity (Wildman–Crippen MR) is 140 cm³/mol. The van der Waals surface area contributed by atoms with Crippen molar-refractivity contribution < 1.29 is 4.79 Å². The quantitative estimate of drug-likeness (QED) is 0.281. The van der Waals surface area contributed by atoms with E-state index in [1.165, 1.54) is 5.56 Å². The number of nitrogens with one attached hydrogen (secondary N) is 1. The molecule has 0 unspecified atom stereocenters. The summed E-state index contributed by atoms with van der Waals surface area (Å²) in [6, 6.07) is 16.6. The van der Waals surface area contributed by atoms with E-state index >= 15 is 0 Å². The lowest BCUT2D eigenvalue weighted by Crippen LogP contribution is -2.22.